The highest BCUT2D eigenvalue weighted by Gasteiger charge is 2.63. The Morgan fingerprint density at radius 1 is 1.23 bits per heavy atom. The highest BCUT2D eigenvalue weighted by Crippen LogP contribution is 2.33. The van der Waals surface area contributed by atoms with E-state index >= 15 is 0 Å². The Kier molecular flexibility index (Phi) is 5.40. The second-order valence-corrected chi connectivity index (χ2v) is 4.59. The number of halogens is 3. The predicted molar refractivity (Wildman–Crippen MR) is 74.0 cm³/mol. The summed E-state index contributed by atoms with van der Waals surface area (Å²) < 4.78 is 45.2. The Hall–Kier alpha value is -2.25. The lowest BCUT2D eigenvalue weighted by atomic mass is 10.1. The monoisotopic (exact) mass is 318 g/mol. The number of rotatable bonds is 5. The number of amides is 1. The van der Waals surface area contributed by atoms with E-state index in [-0.39, 0.29) is 12.3 Å². The second-order valence-electron chi connectivity index (χ2n) is 4.59. The third kappa shape index (κ3) is 3.69. The molecule has 122 valence electrons. The summed E-state index contributed by atoms with van der Waals surface area (Å²) in [6, 6.07) is 6.09. The molecule has 1 aromatic carbocycles. The average molecular weight is 318 g/mol. The lowest BCUT2D eigenvalue weighted by molar-refractivity contribution is -0.207. The van der Waals surface area contributed by atoms with Gasteiger partial charge in [-0.2, -0.15) is 13.2 Å². The van der Waals surface area contributed by atoms with Crippen molar-refractivity contribution < 1.29 is 27.5 Å². The van der Waals surface area contributed by atoms with Crippen LogP contribution in [-0.2, 0) is 14.3 Å². The van der Waals surface area contributed by atoms with Crippen LogP contribution in [0.3, 0.4) is 0 Å². The maximum Gasteiger partial charge on any atom is 0.441 e. The summed E-state index contributed by atoms with van der Waals surface area (Å²) in [5, 5.41) is 3.73. The van der Waals surface area contributed by atoms with E-state index in [1.807, 2.05) is 0 Å². The zero-order valence-corrected chi connectivity index (χ0v) is 12.4. The van der Waals surface area contributed by atoms with Gasteiger partial charge >= 0.3 is 17.8 Å². The van der Waals surface area contributed by atoms with Crippen molar-refractivity contribution in [2.75, 3.05) is 11.9 Å². The van der Waals surface area contributed by atoms with E-state index < -0.39 is 23.7 Å². The Bertz CT molecular complexity index is 561. The molecule has 0 aromatic heterocycles. The number of ether oxygens (including phenoxy) is 1. The zero-order valence-electron chi connectivity index (χ0n) is 12.4. The van der Waals surface area contributed by atoms with Crippen molar-refractivity contribution in [1.29, 1.82) is 0 Å². The molecule has 0 saturated heterocycles. The van der Waals surface area contributed by atoms with Crippen molar-refractivity contribution in [2.45, 2.75) is 32.6 Å². The number of carbonyl (C=O) groups excluding carboxylic acids is 2. The van der Waals surface area contributed by atoms with Crippen LogP contribution in [0.25, 0.3) is 0 Å². The average Bonchev–Trinajstić information content (AvgIpc) is 2.38. The molecule has 22 heavy (non-hydrogen) atoms. The van der Waals surface area contributed by atoms with Crippen LogP contribution in [0.5, 0.6) is 0 Å². The van der Waals surface area contributed by atoms with Gasteiger partial charge in [-0.05, 0) is 25.5 Å². The number of aryl methyl sites for hydroxylation is 1. The minimum absolute atomic E-state index is 0.0571. The van der Waals surface area contributed by atoms with Gasteiger partial charge in [-0.3, -0.25) is 4.79 Å². The predicted octanol–water partition coefficient (Wildman–Crippen LogP) is 2.36. The maximum atomic E-state index is 13.5. The van der Waals surface area contributed by atoms with Crippen LogP contribution >= 0.6 is 0 Å². The van der Waals surface area contributed by atoms with Gasteiger partial charge in [0.1, 0.15) is 0 Å². The number of benzene rings is 1. The molecular formula is C14H17F3N2O3. The van der Waals surface area contributed by atoms with Crippen molar-refractivity contribution in [3.05, 3.63) is 29.8 Å². The standard InChI is InChI=1S/C14H17F3N2O3/c1-4-22-12(21)13(14(15,16)17,18-10(3)20)19-11-8-6-5-7-9(11)2/h5-8,19H,4H2,1-3H3,(H,18,20)/t13-/m0/s1. The normalized spacial score (nSPS) is 13.9. The van der Waals surface area contributed by atoms with Crippen molar-refractivity contribution >= 4 is 17.6 Å². The fraction of sp³-hybridized carbons (Fsp3) is 0.429. The SMILES string of the molecule is CCOC(=O)[C@](NC(C)=O)(Nc1ccccc1C)C(F)(F)F. The van der Waals surface area contributed by atoms with Gasteiger partial charge in [0.05, 0.1) is 6.61 Å². The van der Waals surface area contributed by atoms with E-state index in [0.29, 0.717) is 5.56 Å². The lowest BCUT2D eigenvalue weighted by Gasteiger charge is -2.35. The molecule has 0 aliphatic heterocycles. The van der Waals surface area contributed by atoms with E-state index in [0.717, 1.165) is 6.92 Å². The van der Waals surface area contributed by atoms with Crippen LogP contribution in [0.2, 0.25) is 0 Å². The van der Waals surface area contributed by atoms with E-state index in [2.05, 4.69) is 10.1 Å². The summed E-state index contributed by atoms with van der Waals surface area (Å²) in [6.45, 7) is 3.58. The first-order valence-electron chi connectivity index (χ1n) is 6.50. The number of carbonyl (C=O) groups is 2. The molecule has 0 fully saturated rings. The Labute approximate surface area is 125 Å². The quantitative estimate of drug-likeness (QED) is 0.646. The molecule has 1 amide bonds. The van der Waals surface area contributed by atoms with Crippen molar-refractivity contribution in [3.63, 3.8) is 0 Å². The van der Waals surface area contributed by atoms with E-state index in [1.54, 1.807) is 24.4 Å². The van der Waals surface area contributed by atoms with Gasteiger partial charge in [-0.1, -0.05) is 18.2 Å². The summed E-state index contributed by atoms with van der Waals surface area (Å²) in [5.74, 6) is -2.65. The summed E-state index contributed by atoms with van der Waals surface area (Å²) in [5.41, 5.74) is -2.81. The van der Waals surface area contributed by atoms with Crippen LogP contribution in [0.1, 0.15) is 19.4 Å². The number of hydrogen-bond donors (Lipinski definition) is 2. The molecule has 0 spiro atoms. The molecule has 0 heterocycles. The Balaban J connectivity index is 3.38. The van der Waals surface area contributed by atoms with Crippen LogP contribution in [0.4, 0.5) is 18.9 Å². The number of esters is 1. The molecule has 0 unspecified atom stereocenters. The minimum Gasteiger partial charge on any atom is -0.463 e. The van der Waals surface area contributed by atoms with Gasteiger partial charge in [0.25, 0.3) is 0 Å². The highest BCUT2D eigenvalue weighted by atomic mass is 19.4. The molecule has 5 nitrogen and oxygen atoms in total. The highest BCUT2D eigenvalue weighted by molar-refractivity contribution is 5.90. The molecule has 1 rings (SSSR count). The molecule has 8 heteroatoms. The molecule has 0 bridgehead atoms. The van der Waals surface area contributed by atoms with Gasteiger partial charge in [-0.25, -0.2) is 4.79 Å². The number of alkyl halides is 3. The largest absolute Gasteiger partial charge is 0.463 e. The summed E-state index contributed by atoms with van der Waals surface area (Å²) in [6.07, 6.45) is -5.10. The van der Waals surface area contributed by atoms with Gasteiger partial charge in [0, 0.05) is 12.6 Å². The number of nitrogens with one attached hydrogen (secondary N) is 2. The number of anilines is 1. The van der Waals surface area contributed by atoms with Gasteiger partial charge in [0.2, 0.25) is 5.91 Å². The maximum absolute atomic E-state index is 13.5. The van der Waals surface area contributed by atoms with Crippen LogP contribution in [-0.4, -0.2) is 30.3 Å². The first-order chi connectivity index (χ1) is 10.1. The molecule has 0 aliphatic rings. The van der Waals surface area contributed by atoms with Crippen LogP contribution in [0.15, 0.2) is 24.3 Å². The number of para-hydroxylation sites is 1. The Morgan fingerprint density at radius 3 is 2.27 bits per heavy atom. The first-order valence-corrected chi connectivity index (χ1v) is 6.50. The molecule has 0 aliphatic carbocycles. The number of hydrogen-bond acceptors (Lipinski definition) is 4. The molecule has 1 atom stereocenters. The summed E-state index contributed by atoms with van der Waals surface area (Å²) >= 11 is 0. The fourth-order valence-electron chi connectivity index (χ4n) is 1.81. The van der Waals surface area contributed by atoms with E-state index in [9.17, 15) is 22.8 Å². The summed E-state index contributed by atoms with van der Waals surface area (Å²) in [7, 11) is 0. The molecule has 0 radical (unpaired) electrons. The molecule has 0 saturated carbocycles. The van der Waals surface area contributed by atoms with Crippen molar-refractivity contribution in [3.8, 4) is 0 Å². The van der Waals surface area contributed by atoms with E-state index in [1.165, 1.54) is 19.1 Å². The van der Waals surface area contributed by atoms with Crippen molar-refractivity contribution in [1.82, 2.24) is 5.32 Å². The molecule has 2 N–H and O–H groups in total. The molecule has 1 aromatic rings. The summed E-state index contributed by atoms with van der Waals surface area (Å²) in [4.78, 5) is 23.2. The van der Waals surface area contributed by atoms with Crippen LogP contribution < -0.4 is 10.6 Å². The third-order valence-electron chi connectivity index (χ3n) is 2.84. The van der Waals surface area contributed by atoms with Gasteiger partial charge < -0.3 is 15.4 Å². The van der Waals surface area contributed by atoms with Gasteiger partial charge in [-0.15, -0.1) is 0 Å². The second kappa shape index (κ2) is 6.67. The zero-order chi connectivity index (χ0) is 17.0. The van der Waals surface area contributed by atoms with Gasteiger partial charge in [0.15, 0.2) is 0 Å². The van der Waals surface area contributed by atoms with Crippen LogP contribution in [0, 0.1) is 6.92 Å². The first kappa shape index (κ1) is 17.8. The third-order valence-corrected chi connectivity index (χ3v) is 2.84. The van der Waals surface area contributed by atoms with Crippen molar-refractivity contribution in [2.24, 2.45) is 0 Å². The van der Waals surface area contributed by atoms with E-state index in [4.69, 9.17) is 0 Å². The minimum atomic E-state index is -5.10. The topological polar surface area (TPSA) is 67.4 Å². The fourth-order valence-corrected chi connectivity index (χ4v) is 1.81. The smallest absolute Gasteiger partial charge is 0.441 e. The lowest BCUT2D eigenvalue weighted by Crippen LogP contribution is -2.69. The Morgan fingerprint density at radius 2 is 1.82 bits per heavy atom. The molecular weight excluding hydrogens is 301 g/mol.